The number of rotatable bonds is 13. The van der Waals surface area contributed by atoms with E-state index in [0.717, 1.165) is 47.2 Å². The summed E-state index contributed by atoms with van der Waals surface area (Å²) in [6.07, 6.45) is 3.34. The van der Waals surface area contributed by atoms with Gasteiger partial charge in [0.25, 0.3) is 0 Å². The van der Waals surface area contributed by atoms with Gasteiger partial charge in [-0.2, -0.15) is 0 Å². The third-order valence-electron chi connectivity index (χ3n) is 5.57. The number of unbranched alkanes of at least 4 members (excludes halogenated alkanes) is 1. The number of amides is 2. The van der Waals surface area contributed by atoms with Crippen molar-refractivity contribution < 1.29 is 26.8 Å². The van der Waals surface area contributed by atoms with Crippen LogP contribution in [0.2, 0.25) is 0 Å². The van der Waals surface area contributed by atoms with Crippen LogP contribution in [0.4, 0.5) is 14.5 Å². The summed E-state index contributed by atoms with van der Waals surface area (Å²) >= 11 is 0. The SMILES string of the molecule is CCCCNC(=O)[C@H](CC)N(CCc1ccccc1)C(=O)CN(c1ccc(F)c(F)c1)S(C)(=O)=O. The summed E-state index contributed by atoms with van der Waals surface area (Å²) in [7, 11) is -4.02. The van der Waals surface area contributed by atoms with Crippen molar-refractivity contribution in [1.29, 1.82) is 0 Å². The van der Waals surface area contributed by atoms with Crippen molar-refractivity contribution in [1.82, 2.24) is 10.2 Å². The van der Waals surface area contributed by atoms with Crippen LogP contribution in [0.3, 0.4) is 0 Å². The van der Waals surface area contributed by atoms with E-state index < -0.39 is 40.2 Å². The molecule has 0 bridgehead atoms. The summed E-state index contributed by atoms with van der Waals surface area (Å²) < 4.78 is 52.9. The zero-order valence-corrected chi connectivity index (χ0v) is 21.2. The Morgan fingerprint density at radius 2 is 1.71 bits per heavy atom. The lowest BCUT2D eigenvalue weighted by Crippen LogP contribution is -2.53. The molecule has 0 unspecified atom stereocenters. The van der Waals surface area contributed by atoms with Crippen LogP contribution < -0.4 is 9.62 Å². The number of carbonyl (C=O) groups is 2. The van der Waals surface area contributed by atoms with Gasteiger partial charge in [0.15, 0.2) is 11.6 Å². The van der Waals surface area contributed by atoms with Crippen molar-refractivity contribution in [3.05, 3.63) is 65.7 Å². The summed E-state index contributed by atoms with van der Waals surface area (Å²) in [5.41, 5.74) is 0.773. The molecule has 0 fully saturated rings. The monoisotopic (exact) mass is 509 g/mol. The maximum Gasteiger partial charge on any atom is 0.244 e. The first-order valence-corrected chi connectivity index (χ1v) is 13.5. The first kappa shape index (κ1) is 28.2. The second-order valence-electron chi connectivity index (χ2n) is 8.26. The average Bonchev–Trinajstić information content (AvgIpc) is 2.82. The number of hydrogen-bond donors (Lipinski definition) is 1. The fourth-order valence-corrected chi connectivity index (χ4v) is 4.50. The number of nitrogens with one attached hydrogen (secondary N) is 1. The highest BCUT2D eigenvalue weighted by Gasteiger charge is 2.31. The Kier molecular flexibility index (Phi) is 10.6. The van der Waals surface area contributed by atoms with E-state index in [2.05, 4.69) is 5.32 Å². The minimum Gasteiger partial charge on any atom is -0.354 e. The number of carbonyl (C=O) groups excluding carboxylic acids is 2. The van der Waals surface area contributed by atoms with Crippen molar-refractivity contribution in [3.63, 3.8) is 0 Å². The zero-order valence-electron chi connectivity index (χ0n) is 20.3. The van der Waals surface area contributed by atoms with E-state index in [1.807, 2.05) is 37.3 Å². The largest absolute Gasteiger partial charge is 0.354 e. The van der Waals surface area contributed by atoms with Crippen LogP contribution >= 0.6 is 0 Å². The van der Waals surface area contributed by atoms with E-state index in [4.69, 9.17) is 0 Å². The van der Waals surface area contributed by atoms with Gasteiger partial charge in [-0.25, -0.2) is 17.2 Å². The summed E-state index contributed by atoms with van der Waals surface area (Å²) in [6.45, 7) is 3.76. The highest BCUT2D eigenvalue weighted by Crippen LogP contribution is 2.21. The maximum atomic E-state index is 13.8. The third kappa shape index (κ3) is 8.31. The van der Waals surface area contributed by atoms with Gasteiger partial charge in [-0.3, -0.25) is 13.9 Å². The Morgan fingerprint density at radius 1 is 1.03 bits per heavy atom. The van der Waals surface area contributed by atoms with Crippen molar-refractivity contribution in [3.8, 4) is 0 Å². The molecule has 0 aliphatic heterocycles. The fourth-order valence-electron chi connectivity index (χ4n) is 3.66. The van der Waals surface area contributed by atoms with E-state index in [0.29, 0.717) is 19.4 Å². The Labute approximate surface area is 206 Å². The molecule has 0 aromatic heterocycles. The molecule has 192 valence electrons. The van der Waals surface area contributed by atoms with Crippen LogP contribution in [-0.2, 0) is 26.0 Å². The maximum absolute atomic E-state index is 13.8. The van der Waals surface area contributed by atoms with Gasteiger partial charge in [0, 0.05) is 19.2 Å². The zero-order chi connectivity index (χ0) is 26.0. The molecule has 2 aromatic rings. The molecule has 0 saturated carbocycles. The molecule has 0 heterocycles. The van der Waals surface area contributed by atoms with E-state index in [1.54, 1.807) is 6.92 Å². The summed E-state index contributed by atoms with van der Waals surface area (Å²) in [4.78, 5) is 27.7. The van der Waals surface area contributed by atoms with Crippen LogP contribution in [0.25, 0.3) is 0 Å². The third-order valence-corrected chi connectivity index (χ3v) is 6.71. The Bertz CT molecular complexity index is 1100. The highest BCUT2D eigenvalue weighted by atomic mass is 32.2. The molecule has 1 atom stereocenters. The predicted octanol–water partition coefficient (Wildman–Crippen LogP) is 3.50. The summed E-state index contributed by atoms with van der Waals surface area (Å²) in [6, 6.07) is 11.2. The van der Waals surface area contributed by atoms with Gasteiger partial charge in [0.1, 0.15) is 12.6 Å². The van der Waals surface area contributed by atoms with Crippen LogP contribution in [0.15, 0.2) is 48.5 Å². The predicted molar refractivity (Wildman–Crippen MR) is 132 cm³/mol. The van der Waals surface area contributed by atoms with Crippen LogP contribution in [0.5, 0.6) is 0 Å². The van der Waals surface area contributed by atoms with Crippen molar-refractivity contribution >= 4 is 27.5 Å². The van der Waals surface area contributed by atoms with E-state index in [9.17, 15) is 26.8 Å². The van der Waals surface area contributed by atoms with Gasteiger partial charge in [0.2, 0.25) is 21.8 Å². The molecule has 0 spiro atoms. The Hall–Kier alpha value is -3.01. The van der Waals surface area contributed by atoms with Gasteiger partial charge < -0.3 is 10.2 Å². The highest BCUT2D eigenvalue weighted by molar-refractivity contribution is 7.92. The lowest BCUT2D eigenvalue weighted by atomic mass is 10.1. The molecule has 0 saturated heterocycles. The normalized spacial score (nSPS) is 12.1. The quantitative estimate of drug-likeness (QED) is 0.419. The molecule has 2 rings (SSSR count). The van der Waals surface area contributed by atoms with E-state index in [-0.39, 0.29) is 18.1 Å². The standard InChI is InChI=1S/C25H33F2N3O4S/c1-4-6-15-28-25(32)23(5-2)29(16-14-19-10-8-7-9-11-19)24(31)18-30(35(3,33)34)20-12-13-21(26)22(27)17-20/h7-13,17,23H,4-6,14-16,18H2,1-3H3,(H,28,32)/t23-/m0/s1. The van der Waals surface area contributed by atoms with Gasteiger partial charge in [0.05, 0.1) is 11.9 Å². The minimum absolute atomic E-state index is 0.178. The number of hydrogen-bond acceptors (Lipinski definition) is 4. The molecule has 2 aromatic carbocycles. The topological polar surface area (TPSA) is 86.8 Å². The fraction of sp³-hybridized carbons (Fsp3) is 0.440. The number of benzene rings is 2. The first-order chi connectivity index (χ1) is 16.6. The summed E-state index contributed by atoms with van der Waals surface area (Å²) in [5.74, 6) is -3.30. The van der Waals surface area contributed by atoms with Gasteiger partial charge in [-0.1, -0.05) is 50.6 Å². The van der Waals surface area contributed by atoms with Crippen molar-refractivity contribution in [2.45, 2.75) is 45.6 Å². The van der Waals surface area contributed by atoms with Crippen LogP contribution in [0.1, 0.15) is 38.7 Å². The Balaban J connectivity index is 2.34. The molecule has 10 heteroatoms. The molecular weight excluding hydrogens is 476 g/mol. The van der Waals surface area contributed by atoms with Gasteiger partial charge >= 0.3 is 0 Å². The molecule has 1 N–H and O–H groups in total. The molecule has 0 aliphatic carbocycles. The van der Waals surface area contributed by atoms with Gasteiger partial charge in [-0.15, -0.1) is 0 Å². The number of sulfonamides is 1. The number of anilines is 1. The van der Waals surface area contributed by atoms with Gasteiger partial charge in [-0.05, 0) is 37.0 Å². The smallest absolute Gasteiger partial charge is 0.244 e. The molecule has 0 radical (unpaired) electrons. The minimum atomic E-state index is -4.02. The van der Waals surface area contributed by atoms with Crippen molar-refractivity contribution in [2.75, 3.05) is 30.2 Å². The lowest BCUT2D eigenvalue weighted by molar-refractivity contribution is -0.139. The molecule has 35 heavy (non-hydrogen) atoms. The first-order valence-electron chi connectivity index (χ1n) is 11.6. The molecule has 2 amide bonds. The number of halogens is 2. The molecule has 7 nitrogen and oxygen atoms in total. The molecule has 0 aliphatic rings. The Morgan fingerprint density at radius 3 is 2.29 bits per heavy atom. The van der Waals surface area contributed by atoms with Crippen LogP contribution in [-0.4, -0.2) is 57.1 Å². The van der Waals surface area contributed by atoms with E-state index in [1.165, 1.54) is 4.90 Å². The van der Waals surface area contributed by atoms with E-state index >= 15 is 0 Å². The van der Waals surface area contributed by atoms with Crippen molar-refractivity contribution in [2.24, 2.45) is 0 Å². The lowest BCUT2D eigenvalue weighted by Gasteiger charge is -2.32. The number of nitrogens with zero attached hydrogens (tertiary/aromatic N) is 2. The average molecular weight is 510 g/mol. The second-order valence-corrected chi connectivity index (χ2v) is 10.2. The molecular formula is C25H33F2N3O4S. The second kappa shape index (κ2) is 13.2. The van der Waals surface area contributed by atoms with Crippen LogP contribution in [0, 0.1) is 11.6 Å². The summed E-state index contributed by atoms with van der Waals surface area (Å²) in [5, 5.41) is 2.84.